The van der Waals surface area contributed by atoms with E-state index in [9.17, 15) is 8.42 Å². The van der Waals surface area contributed by atoms with Gasteiger partial charge in [-0.2, -0.15) is 4.98 Å². The molecule has 1 spiro atoms. The summed E-state index contributed by atoms with van der Waals surface area (Å²) in [4.78, 5) is 6.81. The first-order valence-corrected chi connectivity index (χ1v) is 11.9. The van der Waals surface area contributed by atoms with E-state index in [4.69, 9.17) is 4.52 Å². The van der Waals surface area contributed by atoms with Crippen LogP contribution in [0.5, 0.6) is 0 Å². The number of hydrogen-bond donors (Lipinski definition) is 0. The number of hydrogen-bond acceptors (Lipinski definition) is 6. The zero-order valence-corrected chi connectivity index (χ0v) is 18.4. The van der Waals surface area contributed by atoms with E-state index in [1.165, 1.54) is 11.1 Å². The van der Waals surface area contributed by atoms with Gasteiger partial charge in [-0.25, -0.2) is 12.7 Å². The average molecular weight is 419 g/mol. The summed E-state index contributed by atoms with van der Waals surface area (Å²) in [5.41, 5.74) is 2.47. The van der Waals surface area contributed by atoms with Gasteiger partial charge >= 0.3 is 0 Å². The van der Waals surface area contributed by atoms with E-state index in [0.717, 1.165) is 19.6 Å². The van der Waals surface area contributed by atoms with E-state index >= 15 is 0 Å². The van der Waals surface area contributed by atoms with Gasteiger partial charge in [0.1, 0.15) is 0 Å². The molecule has 1 aromatic carbocycles. The van der Waals surface area contributed by atoms with Crippen LogP contribution in [0.4, 0.5) is 0 Å². The lowest BCUT2D eigenvalue weighted by Crippen LogP contribution is -2.59. The normalized spacial score (nSPS) is 22.4. The van der Waals surface area contributed by atoms with E-state index in [1.807, 2.05) is 0 Å². The first-order valence-electron chi connectivity index (χ1n) is 10.3. The highest BCUT2D eigenvalue weighted by molar-refractivity contribution is 7.89. The summed E-state index contributed by atoms with van der Waals surface area (Å²) < 4.78 is 32.1. The standard InChI is InChI=1S/C21H30N4O3S/c1-5-29(26,27)25-11-19(20-22-16(4)23-28-20)21(14-25)12-24(13-21)10-17-6-8-18(9-7-17)15(2)3/h6-9,15,19H,5,10-14H2,1-4H3. The van der Waals surface area contributed by atoms with Gasteiger partial charge in [0.15, 0.2) is 5.82 Å². The number of nitrogens with zero attached hydrogens (tertiary/aromatic N) is 4. The third kappa shape index (κ3) is 3.85. The van der Waals surface area contributed by atoms with Gasteiger partial charge < -0.3 is 4.52 Å². The van der Waals surface area contributed by atoms with E-state index in [-0.39, 0.29) is 17.1 Å². The van der Waals surface area contributed by atoms with Crippen molar-refractivity contribution in [1.82, 2.24) is 19.3 Å². The maximum Gasteiger partial charge on any atom is 0.231 e. The van der Waals surface area contributed by atoms with E-state index in [2.05, 4.69) is 53.2 Å². The highest BCUT2D eigenvalue weighted by Crippen LogP contribution is 2.49. The molecule has 2 saturated heterocycles. The molecular formula is C21H30N4O3S. The molecule has 2 aliphatic rings. The van der Waals surface area contributed by atoms with Gasteiger partial charge in [-0.05, 0) is 30.9 Å². The molecule has 4 rings (SSSR count). The molecule has 2 aromatic rings. The third-order valence-electron chi connectivity index (χ3n) is 6.35. The second kappa shape index (κ2) is 7.49. The van der Waals surface area contributed by atoms with Crippen molar-refractivity contribution in [3.8, 4) is 0 Å². The summed E-state index contributed by atoms with van der Waals surface area (Å²) in [6.45, 7) is 11.4. The Morgan fingerprint density at radius 3 is 2.45 bits per heavy atom. The zero-order chi connectivity index (χ0) is 20.8. The van der Waals surface area contributed by atoms with E-state index in [0.29, 0.717) is 30.7 Å². The molecule has 0 amide bonds. The molecule has 8 heteroatoms. The number of aromatic nitrogens is 2. The first kappa shape index (κ1) is 20.5. The van der Waals surface area contributed by atoms with Crippen molar-refractivity contribution >= 4 is 10.0 Å². The molecule has 0 aliphatic carbocycles. The zero-order valence-electron chi connectivity index (χ0n) is 17.6. The summed E-state index contributed by atoms with van der Waals surface area (Å²) in [6, 6.07) is 8.79. The van der Waals surface area contributed by atoms with Crippen molar-refractivity contribution < 1.29 is 12.9 Å². The van der Waals surface area contributed by atoms with Crippen LogP contribution in [0, 0.1) is 12.3 Å². The van der Waals surface area contributed by atoms with Crippen LogP contribution in [0.1, 0.15) is 55.4 Å². The fraction of sp³-hybridized carbons (Fsp3) is 0.619. The Morgan fingerprint density at radius 2 is 1.90 bits per heavy atom. The number of likely N-dealkylation sites (tertiary alicyclic amines) is 1. The van der Waals surface area contributed by atoms with Gasteiger partial charge in [0.25, 0.3) is 0 Å². The Kier molecular flexibility index (Phi) is 5.29. The van der Waals surface area contributed by atoms with Crippen molar-refractivity contribution in [2.24, 2.45) is 5.41 Å². The summed E-state index contributed by atoms with van der Waals surface area (Å²) >= 11 is 0. The molecule has 2 fully saturated rings. The molecule has 1 aromatic heterocycles. The minimum Gasteiger partial charge on any atom is -0.339 e. The monoisotopic (exact) mass is 418 g/mol. The predicted octanol–water partition coefficient (Wildman–Crippen LogP) is 2.75. The Labute approximate surface area is 173 Å². The minimum atomic E-state index is -3.24. The SMILES string of the molecule is CCS(=O)(=O)N1CC(c2nc(C)no2)C2(CN(Cc3ccc(C(C)C)cc3)C2)C1. The largest absolute Gasteiger partial charge is 0.339 e. The molecule has 0 bridgehead atoms. The Morgan fingerprint density at radius 1 is 1.21 bits per heavy atom. The molecule has 2 aliphatic heterocycles. The minimum absolute atomic E-state index is 0.0513. The molecule has 1 atom stereocenters. The Balaban J connectivity index is 1.49. The van der Waals surface area contributed by atoms with Crippen molar-refractivity contribution in [2.75, 3.05) is 31.9 Å². The van der Waals surface area contributed by atoms with Crippen molar-refractivity contribution in [3.05, 3.63) is 47.1 Å². The van der Waals surface area contributed by atoms with Gasteiger partial charge in [0, 0.05) is 38.1 Å². The first-order chi connectivity index (χ1) is 13.7. The quantitative estimate of drug-likeness (QED) is 0.718. The number of sulfonamides is 1. The third-order valence-corrected chi connectivity index (χ3v) is 8.14. The van der Waals surface area contributed by atoms with Crippen LogP contribution in [0.15, 0.2) is 28.8 Å². The van der Waals surface area contributed by atoms with Crippen LogP contribution < -0.4 is 0 Å². The molecule has 3 heterocycles. The van der Waals surface area contributed by atoms with Crippen molar-refractivity contribution in [3.63, 3.8) is 0 Å². The van der Waals surface area contributed by atoms with Gasteiger partial charge in [0.05, 0.1) is 11.7 Å². The lowest BCUT2D eigenvalue weighted by atomic mass is 9.71. The summed E-state index contributed by atoms with van der Waals surface area (Å²) in [5.74, 6) is 1.75. The number of aryl methyl sites for hydroxylation is 1. The molecular weight excluding hydrogens is 388 g/mol. The Bertz CT molecular complexity index is 962. The lowest BCUT2D eigenvalue weighted by molar-refractivity contribution is -0.0117. The fourth-order valence-electron chi connectivity index (χ4n) is 4.66. The molecule has 0 radical (unpaired) electrons. The smallest absolute Gasteiger partial charge is 0.231 e. The summed E-state index contributed by atoms with van der Waals surface area (Å²) in [5, 5.41) is 3.93. The van der Waals surface area contributed by atoms with Gasteiger partial charge in [-0.1, -0.05) is 43.3 Å². The number of benzene rings is 1. The van der Waals surface area contributed by atoms with Crippen LogP contribution in [-0.4, -0.2) is 59.7 Å². The molecule has 158 valence electrons. The second-order valence-corrected chi connectivity index (χ2v) is 11.1. The molecule has 0 N–H and O–H groups in total. The van der Waals surface area contributed by atoms with Gasteiger partial charge in [0.2, 0.25) is 15.9 Å². The molecule has 1 unspecified atom stereocenters. The second-order valence-electron chi connectivity index (χ2n) is 8.83. The van der Waals surface area contributed by atoms with Crippen molar-refractivity contribution in [1.29, 1.82) is 0 Å². The lowest BCUT2D eigenvalue weighted by Gasteiger charge is -2.50. The van der Waals surface area contributed by atoms with Crippen LogP contribution in [-0.2, 0) is 16.6 Å². The van der Waals surface area contributed by atoms with Gasteiger partial charge in [-0.3, -0.25) is 4.90 Å². The molecule has 29 heavy (non-hydrogen) atoms. The number of rotatable bonds is 6. The van der Waals surface area contributed by atoms with E-state index in [1.54, 1.807) is 18.2 Å². The van der Waals surface area contributed by atoms with Crippen LogP contribution in [0.25, 0.3) is 0 Å². The predicted molar refractivity (Wildman–Crippen MR) is 111 cm³/mol. The fourth-order valence-corrected chi connectivity index (χ4v) is 5.85. The van der Waals surface area contributed by atoms with Crippen LogP contribution in [0.2, 0.25) is 0 Å². The summed E-state index contributed by atoms with van der Waals surface area (Å²) in [6.07, 6.45) is 0. The van der Waals surface area contributed by atoms with Gasteiger partial charge in [-0.15, -0.1) is 0 Å². The van der Waals surface area contributed by atoms with E-state index < -0.39 is 10.0 Å². The average Bonchev–Trinajstić information content (AvgIpc) is 3.26. The van der Waals surface area contributed by atoms with Crippen molar-refractivity contribution in [2.45, 2.75) is 46.1 Å². The maximum atomic E-state index is 12.5. The molecule has 7 nitrogen and oxygen atoms in total. The summed E-state index contributed by atoms with van der Waals surface area (Å²) in [7, 11) is -3.24. The maximum absolute atomic E-state index is 12.5. The van der Waals surface area contributed by atoms with Crippen LogP contribution >= 0.6 is 0 Å². The topological polar surface area (TPSA) is 79.5 Å². The van der Waals surface area contributed by atoms with Crippen LogP contribution in [0.3, 0.4) is 0 Å². The highest BCUT2D eigenvalue weighted by Gasteiger charge is 2.58. The Hall–Kier alpha value is -1.77. The highest BCUT2D eigenvalue weighted by atomic mass is 32.2. The molecule has 0 saturated carbocycles.